The van der Waals surface area contributed by atoms with E-state index in [1.54, 1.807) is 18.4 Å². The van der Waals surface area contributed by atoms with Crippen molar-refractivity contribution in [2.45, 2.75) is 5.16 Å². The van der Waals surface area contributed by atoms with Crippen molar-refractivity contribution in [3.8, 4) is 22.1 Å². The summed E-state index contributed by atoms with van der Waals surface area (Å²) in [7, 11) is 2.98. The van der Waals surface area contributed by atoms with E-state index >= 15 is 0 Å². The lowest BCUT2D eigenvalue weighted by Gasteiger charge is -2.10. The number of carbonyl (C=O) groups excluding carboxylic acids is 1. The van der Waals surface area contributed by atoms with Crippen molar-refractivity contribution in [3.63, 3.8) is 0 Å². The molecule has 0 spiro atoms. The van der Waals surface area contributed by atoms with Crippen molar-refractivity contribution >= 4 is 50.8 Å². The predicted octanol–water partition coefficient (Wildman–Crippen LogP) is 5.08. The summed E-state index contributed by atoms with van der Waals surface area (Å²) >= 11 is 9.50. The number of esters is 1. The van der Waals surface area contributed by atoms with Gasteiger partial charge in [0.2, 0.25) is 0 Å². The molecule has 2 aromatic carbocycles. The summed E-state index contributed by atoms with van der Waals surface area (Å²) in [5.74, 6) is 1.16. The Morgan fingerprint density at radius 1 is 1.14 bits per heavy atom. The molecule has 4 aromatic rings. The Labute approximate surface area is 180 Å². The Hall–Kier alpha value is -2.55. The molecular weight excluding hydrogens is 430 g/mol. The summed E-state index contributed by atoms with van der Waals surface area (Å²) in [5.41, 5.74) is 0.840. The lowest BCUT2D eigenvalue weighted by Crippen LogP contribution is -2.05. The van der Waals surface area contributed by atoms with E-state index < -0.39 is 0 Å². The number of rotatable bonds is 6. The summed E-state index contributed by atoms with van der Waals surface area (Å²) in [6.07, 6.45) is 0. The first-order valence-electron chi connectivity index (χ1n) is 8.59. The van der Waals surface area contributed by atoms with Gasteiger partial charge in [-0.05, 0) is 30.3 Å². The van der Waals surface area contributed by atoms with Crippen molar-refractivity contribution in [1.29, 1.82) is 0 Å². The third kappa shape index (κ3) is 3.83. The lowest BCUT2D eigenvalue weighted by molar-refractivity contribution is -0.137. The van der Waals surface area contributed by atoms with Gasteiger partial charge in [-0.3, -0.25) is 9.36 Å². The van der Waals surface area contributed by atoms with Gasteiger partial charge >= 0.3 is 5.97 Å². The molecule has 2 heterocycles. The van der Waals surface area contributed by atoms with Crippen LogP contribution in [0.5, 0.6) is 5.75 Å². The fourth-order valence-electron chi connectivity index (χ4n) is 2.81. The van der Waals surface area contributed by atoms with Gasteiger partial charge in [0.25, 0.3) is 0 Å². The summed E-state index contributed by atoms with van der Waals surface area (Å²) in [4.78, 5) is 12.4. The summed E-state index contributed by atoms with van der Waals surface area (Å²) in [6, 6.07) is 15.5. The zero-order valence-corrected chi connectivity index (χ0v) is 18.0. The number of nitrogens with zero attached hydrogens (tertiary/aromatic N) is 3. The first-order valence-corrected chi connectivity index (χ1v) is 10.8. The maximum atomic E-state index is 11.6. The van der Waals surface area contributed by atoms with Crippen LogP contribution in [-0.4, -0.2) is 40.7 Å². The molecule has 0 aliphatic rings. The number of aromatic nitrogens is 3. The van der Waals surface area contributed by atoms with Crippen LogP contribution in [0.15, 0.2) is 53.7 Å². The number of carbonyl (C=O) groups is 1. The largest absolute Gasteiger partial charge is 0.497 e. The van der Waals surface area contributed by atoms with Crippen LogP contribution in [0.4, 0.5) is 0 Å². The second kappa shape index (κ2) is 8.44. The molecule has 148 valence electrons. The summed E-state index contributed by atoms with van der Waals surface area (Å²) in [6.45, 7) is 0. The molecule has 29 heavy (non-hydrogen) atoms. The topological polar surface area (TPSA) is 66.2 Å². The predicted molar refractivity (Wildman–Crippen MR) is 116 cm³/mol. The summed E-state index contributed by atoms with van der Waals surface area (Å²) < 4.78 is 13.0. The number of hydrogen-bond acceptors (Lipinski definition) is 7. The highest BCUT2D eigenvalue weighted by molar-refractivity contribution is 7.99. The number of thiophene rings is 1. The van der Waals surface area contributed by atoms with E-state index in [9.17, 15) is 4.79 Å². The zero-order chi connectivity index (χ0) is 20.4. The van der Waals surface area contributed by atoms with Crippen LogP contribution in [-0.2, 0) is 9.53 Å². The van der Waals surface area contributed by atoms with Crippen molar-refractivity contribution in [2.24, 2.45) is 0 Å². The van der Waals surface area contributed by atoms with E-state index in [0.717, 1.165) is 26.4 Å². The Bertz CT molecular complexity index is 1170. The van der Waals surface area contributed by atoms with Gasteiger partial charge in [-0.1, -0.05) is 41.6 Å². The molecule has 0 aliphatic carbocycles. The number of benzene rings is 2. The number of thioether (sulfide) groups is 1. The highest BCUT2D eigenvalue weighted by atomic mass is 35.5. The minimum atomic E-state index is -0.333. The number of ether oxygens (including phenoxy) is 2. The van der Waals surface area contributed by atoms with E-state index in [2.05, 4.69) is 10.2 Å². The molecule has 0 saturated carbocycles. The zero-order valence-electron chi connectivity index (χ0n) is 15.6. The van der Waals surface area contributed by atoms with E-state index in [-0.39, 0.29) is 11.7 Å². The van der Waals surface area contributed by atoms with E-state index in [4.69, 9.17) is 21.1 Å². The molecule has 2 aromatic heterocycles. The minimum Gasteiger partial charge on any atom is -0.497 e. The minimum absolute atomic E-state index is 0.130. The van der Waals surface area contributed by atoms with Crippen LogP contribution < -0.4 is 4.74 Å². The molecular formula is C20H16ClN3O3S2. The molecule has 0 fully saturated rings. The number of hydrogen-bond donors (Lipinski definition) is 0. The van der Waals surface area contributed by atoms with Gasteiger partial charge < -0.3 is 9.47 Å². The Morgan fingerprint density at radius 2 is 1.90 bits per heavy atom. The van der Waals surface area contributed by atoms with Crippen molar-refractivity contribution < 1.29 is 14.3 Å². The van der Waals surface area contributed by atoms with Crippen LogP contribution in [0, 0.1) is 0 Å². The third-order valence-corrected chi connectivity index (χ3v) is 6.82. The Balaban J connectivity index is 1.85. The van der Waals surface area contributed by atoms with Crippen LogP contribution in [0.2, 0.25) is 5.02 Å². The average Bonchev–Trinajstić information content (AvgIpc) is 3.33. The highest BCUT2D eigenvalue weighted by Crippen LogP contribution is 2.42. The van der Waals surface area contributed by atoms with Gasteiger partial charge in [0.15, 0.2) is 11.0 Å². The van der Waals surface area contributed by atoms with E-state index in [1.165, 1.54) is 18.9 Å². The number of methoxy groups -OCH3 is 2. The highest BCUT2D eigenvalue weighted by Gasteiger charge is 2.22. The normalized spacial score (nSPS) is 11.0. The average molecular weight is 446 g/mol. The quantitative estimate of drug-likeness (QED) is 0.304. The molecule has 0 N–H and O–H groups in total. The summed E-state index contributed by atoms with van der Waals surface area (Å²) in [5, 5.41) is 10.9. The molecule has 0 saturated heterocycles. The molecule has 9 heteroatoms. The Kier molecular flexibility index (Phi) is 5.75. The molecule has 0 bridgehead atoms. The second-order valence-electron chi connectivity index (χ2n) is 5.95. The molecule has 4 rings (SSSR count). The molecule has 0 unspecified atom stereocenters. The standard InChI is InChI=1S/C20H16ClN3O3S2/c1-26-13-9-7-12(8-10-13)24-19(22-23-20(24)28-11-16(25)27-2)18-17(21)14-5-3-4-6-15(14)29-18/h3-10H,11H2,1-2H3. The van der Waals surface area contributed by atoms with Crippen molar-refractivity contribution in [3.05, 3.63) is 53.6 Å². The smallest absolute Gasteiger partial charge is 0.316 e. The monoisotopic (exact) mass is 445 g/mol. The van der Waals surface area contributed by atoms with Gasteiger partial charge in [-0.25, -0.2) is 0 Å². The second-order valence-corrected chi connectivity index (χ2v) is 8.32. The van der Waals surface area contributed by atoms with E-state index in [1.807, 2.05) is 53.1 Å². The van der Waals surface area contributed by atoms with Crippen molar-refractivity contribution in [1.82, 2.24) is 14.8 Å². The van der Waals surface area contributed by atoms with Gasteiger partial charge in [0.1, 0.15) is 5.75 Å². The fraction of sp³-hybridized carbons (Fsp3) is 0.150. The van der Waals surface area contributed by atoms with Crippen LogP contribution in [0.3, 0.4) is 0 Å². The molecule has 0 amide bonds. The van der Waals surface area contributed by atoms with Gasteiger partial charge in [-0.15, -0.1) is 21.5 Å². The Morgan fingerprint density at radius 3 is 2.59 bits per heavy atom. The number of halogens is 1. The van der Waals surface area contributed by atoms with Crippen LogP contribution in [0.25, 0.3) is 26.5 Å². The molecule has 6 nitrogen and oxygen atoms in total. The fourth-order valence-corrected chi connectivity index (χ4v) is 5.09. The first kappa shape index (κ1) is 19.8. The lowest BCUT2D eigenvalue weighted by atomic mass is 10.2. The molecule has 0 radical (unpaired) electrons. The van der Waals surface area contributed by atoms with Crippen molar-refractivity contribution in [2.75, 3.05) is 20.0 Å². The van der Waals surface area contributed by atoms with Crippen LogP contribution in [0.1, 0.15) is 0 Å². The van der Waals surface area contributed by atoms with Gasteiger partial charge in [-0.2, -0.15) is 0 Å². The van der Waals surface area contributed by atoms with Crippen LogP contribution >= 0.6 is 34.7 Å². The maximum Gasteiger partial charge on any atom is 0.316 e. The van der Waals surface area contributed by atoms with E-state index in [0.29, 0.717) is 16.0 Å². The number of fused-ring (bicyclic) bond motifs is 1. The molecule has 0 atom stereocenters. The first-order chi connectivity index (χ1) is 14.1. The SMILES string of the molecule is COC(=O)CSc1nnc(-c2sc3ccccc3c2Cl)n1-c1ccc(OC)cc1. The molecule has 0 aliphatic heterocycles. The maximum absolute atomic E-state index is 11.6. The van der Waals surface area contributed by atoms with Gasteiger partial charge in [0.05, 0.1) is 35.6 Å². The third-order valence-electron chi connectivity index (χ3n) is 4.25. The van der Waals surface area contributed by atoms with Gasteiger partial charge in [0, 0.05) is 10.1 Å².